The second-order valence-corrected chi connectivity index (χ2v) is 9.53. The SMILES string of the molecule is O=C(CNC(=O)c1sc2ccccc2c1Cl)N/N=C\c1ccc(OC(=O)c2cccc(Br)c2)cc1. The minimum Gasteiger partial charge on any atom is -0.423 e. The van der Waals surface area contributed by atoms with E-state index in [1.54, 1.807) is 42.5 Å². The number of esters is 1. The Morgan fingerprint density at radius 2 is 1.80 bits per heavy atom. The van der Waals surface area contributed by atoms with Crippen LogP contribution in [-0.2, 0) is 4.79 Å². The smallest absolute Gasteiger partial charge is 0.343 e. The fraction of sp³-hybridized carbons (Fsp3) is 0.0400. The lowest BCUT2D eigenvalue weighted by molar-refractivity contribution is -0.120. The lowest BCUT2D eigenvalue weighted by Crippen LogP contribution is -2.34. The van der Waals surface area contributed by atoms with Crippen molar-refractivity contribution in [1.82, 2.24) is 10.7 Å². The largest absolute Gasteiger partial charge is 0.423 e. The summed E-state index contributed by atoms with van der Waals surface area (Å²) in [7, 11) is 0. The van der Waals surface area contributed by atoms with E-state index in [9.17, 15) is 14.4 Å². The summed E-state index contributed by atoms with van der Waals surface area (Å²) in [6, 6.07) is 20.9. The van der Waals surface area contributed by atoms with E-state index in [-0.39, 0.29) is 6.54 Å². The monoisotopic (exact) mass is 569 g/mol. The number of hydrazone groups is 1. The van der Waals surface area contributed by atoms with Crippen LogP contribution in [0.5, 0.6) is 5.75 Å². The van der Waals surface area contributed by atoms with Crippen molar-refractivity contribution in [2.24, 2.45) is 5.10 Å². The number of thiophene rings is 1. The van der Waals surface area contributed by atoms with Crippen LogP contribution in [0, 0.1) is 0 Å². The van der Waals surface area contributed by atoms with Gasteiger partial charge in [0.25, 0.3) is 11.8 Å². The summed E-state index contributed by atoms with van der Waals surface area (Å²) < 4.78 is 7.02. The lowest BCUT2D eigenvalue weighted by atomic mass is 10.2. The molecule has 0 atom stereocenters. The molecule has 4 rings (SSSR count). The average molecular weight is 571 g/mol. The van der Waals surface area contributed by atoms with Crippen LogP contribution in [0.4, 0.5) is 0 Å². The molecule has 2 N–H and O–H groups in total. The van der Waals surface area contributed by atoms with Crippen molar-refractivity contribution in [3.05, 3.63) is 98.3 Å². The second-order valence-electron chi connectivity index (χ2n) is 7.19. The van der Waals surface area contributed by atoms with Crippen molar-refractivity contribution in [2.45, 2.75) is 0 Å². The number of amides is 2. The number of rotatable bonds is 7. The minimum atomic E-state index is -0.494. The maximum absolute atomic E-state index is 12.4. The maximum Gasteiger partial charge on any atom is 0.343 e. The van der Waals surface area contributed by atoms with E-state index in [4.69, 9.17) is 16.3 Å². The molecule has 0 spiro atoms. The molecule has 7 nitrogen and oxygen atoms in total. The highest BCUT2D eigenvalue weighted by Crippen LogP contribution is 2.34. The highest BCUT2D eigenvalue weighted by atomic mass is 79.9. The van der Waals surface area contributed by atoms with Crippen molar-refractivity contribution < 1.29 is 19.1 Å². The third-order valence-electron chi connectivity index (χ3n) is 4.70. The summed E-state index contributed by atoms with van der Waals surface area (Å²) in [5.74, 6) is -1.02. The number of hydrogen-bond acceptors (Lipinski definition) is 6. The Labute approximate surface area is 217 Å². The first-order valence-corrected chi connectivity index (χ1v) is 12.2. The fourth-order valence-corrected chi connectivity index (χ4v) is 4.86. The summed E-state index contributed by atoms with van der Waals surface area (Å²) in [6.07, 6.45) is 1.43. The van der Waals surface area contributed by atoms with Gasteiger partial charge in [-0.05, 0) is 54.1 Å². The zero-order chi connectivity index (χ0) is 24.8. The molecule has 10 heteroatoms. The van der Waals surface area contributed by atoms with Crippen LogP contribution in [0.2, 0.25) is 5.02 Å². The zero-order valence-electron chi connectivity index (χ0n) is 18.0. The minimum absolute atomic E-state index is 0.259. The van der Waals surface area contributed by atoms with Gasteiger partial charge in [0.05, 0.1) is 23.3 Å². The van der Waals surface area contributed by atoms with Crippen molar-refractivity contribution in [3.8, 4) is 5.75 Å². The molecule has 0 aliphatic rings. The number of fused-ring (bicyclic) bond motifs is 1. The molecule has 0 saturated carbocycles. The summed E-state index contributed by atoms with van der Waals surface area (Å²) in [5.41, 5.74) is 3.45. The number of ether oxygens (including phenoxy) is 1. The number of nitrogens with zero attached hydrogens (tertiary/aromatic N) is 1. The molecule has 0 aliphatic heterocycles. The Morgan fingerprint density at radius 3 is 2.54 bits per heavy atom. The summed E-state index contributed by atoms with van der Waals surface area (Å²) in [4.78, 5) is 37.0. The van der Waals surface area contributed by atoms with Gasteiger partial charge in [0.15, 0.2) is 0 Å². The van der Waals surface area contributed by atoms with E-state index < -0.39 is 17.8 Å². The standard InChI is InChI=1S/C25H17BrClN3O4S/c26-17-5-3-4-16(12-17)25(33)34-18-10-8-15(9-11-18)13-29-30-21(31)14-28-24(32)23-22(27)19-6-1-2-7-20(19)35-23/h1-13H,14H2,(H,28,32)(H,30,31)/b29-13-. The molecule has 0 radical (unpaired) electrons. The molecule has 0 aliphatic carbocycles. The van der Waals surface area contributed by atoms with Crippen LogP contribution in [-0.4, -0.2) is 30.5 Å². The van der Waals surface area contributed by atoms with Crippen molar-refractivity contribution in [2.75, 3.05) is 6.54 Å². The van der Waals surface area contributed by atoms with Crippen molar-refractivity contribution >= 4 is 73.0 Å². The predicted octanol–water partition coefficient (Wildman–Crippen LogP) is 5.42. The number of nitrogens with one attached hydrogen (secondary N) is 2. The summed E-state index contributed by atoms with van der Waals surface area (Å²) >= 11 is 10.9. The van der Waals surface area contributed by atoms with Gasteiger partial charge in [0.2, 0.25) is 0 Å². The van der Waals surface area contributed by atoms with Crippen LogP contribution >= 0.6 is 38.9 Å². The second kappa shape index (κ2) is 11.3. The molecule has 0 unspecified atom stereocenters. The normalized spacial score (nSPS) is 10.9. The molecule has 3 aromatic carbocycles. The molecule has 176 valence electrons. The molecule has 0 bridgehead atoms. The average Bonchev–Trinajstić information content (AvgIpc) is 3.20. The first-order chi connectivity index (χ1) is 16.9. The van der Waals surface area contributed by atoms with Gasteiger partial charge in [0, 0.05) is 14.6 Å². The van der Waals surface area contributed by atoms with Gasteiger partial charge in [-0.3, -0.25) is 9.59 Å². The van der Waals surface area contributed by atoms with E-state index in [1.807, 2.05) is 30.3 Å². The van der Waals surface area contributed by atoms with Crippen molar-refractivity contribution in [3.63, 3.8) is 0 Å². The highest BCUT2D eigenvalue weighted by Gasteiger charge is 2.17. The first kappa shape index (κ1) is 24.6. The molecule has 1 aromatic heterocycles. The van der Waals surface area contributed by atoms with E-state index >= 15 is 0 Å². The van der Waals surface area contributed by atoms with Crippen LogP contribution in [0.15, 0.2) is 82.4 Å². The number of benzene rings is 3. The molecular weight excluding hydrogens is 554 g/mol. The van der Waals surface area contributed by atoms with Crippen LogP contribution in [0.25, 0.3) is 10.1 Å². The van der Waals surface area contributed by atoms with Crippen LogP contribution in [0.1, 0.15) is 25.6 Å². The fourth-order valence-electron chi connectivity index (χ4n) is 3.02. The maximum atomic E-state index is 12.4. The van der Waals surface area contributed by atoms with Crippen LogP contribution < -0.4 is 15.5 Å². The third-order valence-corrected chi connectivity index (χ3v) is 6.87. The van der Waals surface area contributed by atoms with E-state index in [2.05, 4.69) is 31.8 Å². The quantitative estimate of drug-likeness (QED) is 0.134. The molecular formula is C25H17BrClN3O4S. The number of halogens is 2. The number of carbonyl (C=O) groups is 3. The molecule has 4 aromatic rings. The van der Waals surface area contributed by atoms with Gasteiger partial charge in [-0.1, -0.05) is 51.8 Å². The van der Waals surface area contributed by atoms with Gasteiger partial charge >= 0.3 is 5.97 Å². The first-order valence-electron chi connectivity index (χ1n) is 10.3. The molecule has 0 saturated heterocycles. The Kier molecular flexibility index (Phi) is 7.91. The van der Waals surface area contributed by atoms with Gasteiger partial charge < -0.3 is 10.1 Å². The van der Waals surface area contributed by atoms with Gasteiger partial charge in [-0.25, -0.2) is 10.2 Å². The molecule has 0 fully saturated rings. The Morgan fingerprint density at radius 1 is 1.03 bits per heavy atom. The molecule has 2 amide bonds. The van der Waals surface area contributed by atoms with Crippen LogP contribution in [0.3, 0.4) is 0 Å². The van der Waals surface area contributed by atoms with Gasteiger partial charge in [-0.15, -0.1) is 11.3 Å². The molecule has 1 heterocycles. The zero-order valence-corrected chi connectivity index (χ0v) is 21.1. The topological polar surface area (TPSA) is 96.9 Å². The summed E-state index contributed by atoms with van der Waals surface area (Å²) in [5, 5.41) is 7.59. The van der Waals surface area contributed by atoms with E-state index in [0.29, 0.717) is 26.8 Å². The third kappa shape index (κ3) is 6.33. The van der Waals surface area contributed by atoms with E-state index in [1.165, 1.54) is 17.6 Å². The Hall–Kier alpha value is -3.53. The lowest BCUT2D eigenvalue weighted by Gasteiger charge is -2.05. The number of carbonyl (C=O) groups excluding carboxylic acids is 3. The van der Waals surface area contributed by atoms with Gasteiger partial charge in [0.1, 0.15) is 10.6 Å². The summed E-state index contributed by atoms with van der Waals surface area (Å²) in [6.45, 7) is -0.259. The van der Waals surface area contributed by atoms with E-state index in [0.717, 1.165) is 14.6 Å². The Bertz CT molecular complexity index is 1440. The predicted molar refractivity (Wildman–Crippen MR) is 140 cm³/mol. The Balaban J connectivity index is 1.25. The van der Waals surface area contributed by atoms with Crippen molar-refractivity contribution in [1.29, 1.82) is 0 Å². The highest BCUT2D eigenvalue weighted by molar-refractivity contribution is 9.10. The molecule has 35 heavy (non-hydrogen) atoms. The van der Waals surface area contributed by atoms with Gasteiger partial charge in [-0.2, -0.15) is 5.10 Å². The number of hydrogen-bond donors (Lipinski definition) is 2.